The molecule has 0 bridgehead atoms. The number of aliphatic carboxylic acids is 1. The van der Waals surface area contributed by atoms with Crippen molar-refractivity contribution in [1.29, 1.82) is 0 Å². The van der Waals surface area contributed by atoms with Crippen LogP contribution in [-0.2, 0) is 16.4 Å². The van der Waals surface area contributed by atoms with Gasteiger partial charge in [-0.1, -0.05) is 42.5 Å². The molecule has 1 unspecified atom stereocenters. The lowest BCUT2D eigenvalue weighted by atomic mass is 9.76. The molecule has 1 heterocycles. The van der Waals surface area contributed by atoms with Crippen molar-refractivity contribution in [2.45, 2.75) is 18.5 Å². The van der Waals surface area contributed by atoms with Crippen LogP contribution in [0.3, 0.4) is 0 Å². The maximum atomic E-state index is 14.2. The molecule has 1 N–H and O–H groups in total. The summed E-state index contributed by atoms with van der Waals surface area (Å²) >= 11 is 0. The van der Waals surface area contributed by atoms with Gasteiger partial charge in [0, 0.05) is 23.5 Å². The summed E-state index contributed by atoms with van der Waals surface area (Å²) in [5.41, 5.74) is -1.91. The number of aromatic nitrogens is 2. The van der Waals surface area contributed by atoms with E-state index in [0.29, 0.717) is 23.5 Å². The maximum absolute atomic E-state index is 14.2. The van der Waals surface area contributed by atoms with Crippen molar-refractivity contribution in [3.8, 4) is 11.4 Å². The van der Waals surface area contributed by atoms with Crippen LogP contribution in [0.15, 0.2) is 60.9 Å². The van der Waals surface area contributed by atoms with Crippen LogP contribution in [0.2, 0.25) is 0 Å². The Balaban J connectivity index is 1.99. The zero-order valence-corrected chi connectivity index (χ0v) is 14.5. The van der Waals surface area contributed by atoms with Gasteiger partial charge in [0.15, 0.2) is 5.82 Å². The second-order valence-electron chi connectivity index (χ2n) is 6.28. The van der Waals surface area contributed by atoms with Crippen molar-refractivity contribution >= 4 is 5.97 Å². The fourth-order valence-corrected chi connectivity index (χ4v) is 2.84. The zero-order valence-electron chi connectivity index (χ0n) is 14.5. The molecule has 3 rings (SSSR count). The lowest BCUT2D eigenvalue weighted by Crippen LogP contribution is -2.34. The van der Waals surface area contributed by atoms with E-state index in [1.165, 1.54) is 49.4 Å². The van der Waals surface area contributed by atoms with Gasteiger partial charge in [-0.05, 0) is 18.6 Å². The number of carboxylic acids is 1. The summed E-state index contributed by atoms with van der Waals surface area (Å²) in [6.07, 6.45) is -3.18. The van der Waals surface area contributed by atoms with E-state index in [2.05, 4.69) is 9.97 Å². The van der Waals surface area contributed by atoms with Gasteiger partial charge >= 0.3 is 12.1 Å². The third kappa shape index (κ3) is 3.45. The molecule has 0 saturated heterocycles. The van der Waals surface area contributed by atoms with Crippen LogP contribution in [0.1, 0.15) is 23.6 Å². The quantitative estimate of drug-likeness (QED) is 0.657. The number of rotatable bonds is 4. The van der Waals surface area contributed by atoms with Gasteiger partial charge < -0.3 is 5.11 Å². The Hall–Kier alpha value is -3.29. The monoisotopic (exact) mass is 390 g/mol. The number of carbonyl (C=O) groups is 1. The Morgan fingerprint density at radius 2 is 1.50 bits per heavy atom. The predicted octanol–water partition coefficient (Wildman–Crippen LogP) is 4.69. The Morgan fingerprint density at radius 3 is 2.00 bits per heavy atom. The number of carboxylic acid groups (broad SMARTS) is 1. The molecule has 2 aromatic carbocycles. The van der Waals surface area contributed by atoms with E-state index in [4.69, 9.17) is 0 Å². The smallest absolute Gasteiger partial charge is 0.419 e. The lowest BCUT2D eigenvalue weighted by Gasteiger charge is -2.26. The molecular weight excluding hydrogens is 376 g/mol. The SMILES string of the molecule is CC(C(=O)O)(c1ccc(-c2ncc(C(F)(F)F)cn2)cc1)c1ccccc1F. The van der Waals surface area contributed by atoms with Gasteiger partial charge in [0.05, 0.1) is 5.56 Å². The minimum Gasteiger partial charge on any atom is -0.480 e. The number of alkyl halides is 3. The lowest BCUT2D eigenvalue weighted by molar-refractivity contribution is -0.141. The van der Waals surface area contributed by atoms with Gasteiger partial charge in [-0.15, -0.1) is 0 Å². The van der Waals surface area contributed by atoms with Crippen molar-refractivity contribution in [3.05, 3.63) is 83.4 Å². The number of benzene rings is 2. The molecule has 0 amide bonds. The summed E-state index contributed by atoms with van der Waals surface area (Å²) in [6.45, 7) is 1.39. The van der Waals surface area contributed by atoms with Crippen molar-refractivity contribution in [2.24, 2.45) is 0 Å². The molecule has 0 fully saturated rings. The van der Waals surface area contributed by atoms with Gasteiger partial charge in [-0.3, -0.25) is 4.79 Å². The molecule has 0 saturated carbocycles. The molecule has 1 atom stereocenters. The van der Waals surface area contributed by atoms with Gasteiger partial charge in [0.2, 0.25) is 0 Å². The first kappa shape index (κ1) is 19.5. The van der Waals surface area contributed by atoms with Crippen molar-refractivity contribution in [2.75, 3.05) is 0 Å². The highest BCUT2D eigenvalue weighted by Crippen LogP contribution is 2.35. The Labute approximate surface area is 157 Å². The highest BCUT2D eigenvalue weighted by atomic mass is 19.4. The van der Waals surface area contributed by atoms with E-state index in [9.17, 15) is 27.5 Å². The third-order valence-corrected chi connectivity index (χ3v) is 4.54. The minimum absolute atomic E-state index is 0.000954. The van der Waals surface area contributed by atoms with Crippen LogP contribution < -0.4 is 0 Å². The van der Waals surface area contributed by atoms with Crippen LogP contribution >= 0.6 is 0 Å². The van der Waals surface area contributed by atoms with E-state index in [0.717, 1.165) is 0 Å². The first-order chi connectivity index (χ1) is 13.1. The summed E-state index contributed by atoms with van der Waals surface area (Å²) in [4.78, 5) is 19.4. The summed E-state index contributed by atoms with van der Waals surface area (Å²) in [7, 11) is 0. The summed E-state index contributed by atoms with van der Waals surface area (Å²) in [6, 6.07) is 11.5. The molecule has 0 radical (unpaired) electrons. The Bertz CT molecular complexity index is 1000. The summed E-state index contributed by atoms with van der Waals surface area (Å²) < 4.78 is 52.1. The largest absolute Gasteiger partial charge is 0.480 e. The molecule has 4 nitrogen and oxygen atoms in total. The van der Waals surface area contributed by atoms with Crippen LogP contribution in [-0.4, -0.2) is 21.0 Å². The van der Waals surface area contributed by atoms with E-state index in [-0.39, 0.29) is 11.4 Å². The molecule has 0 aliphatic heterocycles. The molecular formula is C20H14F4N2O2. The Kier molecular flexibility index (Phi) is 4.89. The van der Waals surface area contributed by atoms with Crippen LogP contribution in [0.4, 0.5) is 17.6 Å². The van der Waals surface area contributed by atoms with Gasteiger partial charge in [-0.25, -0.2) is 14.4 Å². The van der Waals surface area contributed by atoms with E-state index in [1.54, 1.807) is 6.07 Å². The molecule has 8 heteroatoms. The molecule has 1 aromatic heterocycles. The standard InChI is InChI=1S/C20H14F4N2O2/c1-19(18(27)28,15-4-2-3-5-16(15)21)13-8-6-12(7-9-13)17-25-10-14(11-26-17)20(22,23)24/h2-11H,1H3,(H,27,28). The van der Waals surface area contributed by atoms with Crippen LogP contribution in [0.25, 0.3) is 11.4 Å². The van der Waals surface area contributed by atoms with Crippen molar-refractivity contribution < 1.29 is 27.5 Å². The van der Waals surface area contributed by atoms with Gasteiger partial charge in [-0.2, -0.15) is 13.2 Å². The predicted molar refractivity (Wildman–Crippen MR) is 93.0 cm³/mol. The third-order valence-electron chi connectivity index (χ3n) is 4.54. The highest BCUT2D eigenvalue weighted by molar-refractivity contribution is 5.85. The number of nitrogens with zero attached hydrogens (tertiary/aromatic N) is 2. The zero-order chi connectivity index (χ0) is 20.5. The van der Waals surface area contributed by atoms with Crippen LogP contribution in [0.5, 0.6) is 0 Å². The average molecular weight is 390 g/mol. The van der Waals surface area contributed by atoms with E-state index >= 15 is 0 Å². The summed E-state index contributed by atoms with van der Waals surface area (Å²) in [5.74, 6) is -1.83. The van der Waals surface area contributed by atoms with E-state index in [1.807, 2.05) is 0 Å². The van der Waals surface area contributed by atoms with E-state index < -0.39 is 28.9 Å². The molecule has 0 spiro atoms. The second-order valence-corrected chi connectivity index (χ2v) is 6.28. The maximum Gasteiger partial charge on any atom is 0.419 e. The Morgan fingerprint density at radius 1 is 0.929 bits per heavy atom. The molecule has 3 aromatic rings. The summed E-state index contributed by atoms with van der Waals surface area (Å²) in [5, 5.41) is 9.76. The van der Waals surface area contributed by atoms with Crippen LogP contribution in [0, 0.1) is 5.82 Å². The number of hydrogen-bond acceptors (Lipinski definition) is 3. The van der Waals surface area contributed by atoms with Gasteiger partial charge in [0.1, 0.15) is 11.2 Å². The average Bonchev–Trinajstić information content (AvgIpc) is 2.67. The first-order valence-electron chi connectivity index (χ1n) is 8.12. The fourth-order valence-electron chi connectivity index (χ4n) is 2.84. The molecule has 0 aliphatic rings. The number of hydrogen-bond donors (Lipinski definition) is 1. The van der Waals surface area contributed by atoms with Crippen molar-refractivity contribution in [1.82, 2.24) is 9.97 Å². The second kappa shape index (κ2) is 7.03. The topological polar surface area (TPSA) is 63.1 Å². The minimum atomic E-state index is -4.54. The first-order valence-corrected chi connectivity index (χ1v) is 8.12. The highest BCUT2D eigenvalue weighted by Gasteiger charge is 2.39. The van der Waals surface area contributed by atoms with Crippen molar-refractivity contribution in [3.63, 3.8) is 0 Å². The molecule has 0 aliphatic carbocycles. The molecule has 28 heavy (non-hydrogen) atoms. The number of halogens is 4. The van der Waals surface area contributed by atoms with Gasteiger partial charge in [0.25, 0.3) is 0 Å². The normalized spacial score (nSPS) is 13.8. The molecule has 144 valence electrons. The fraction of sp³-hybridized carbons (Fsp3) is 0.150.